The number of ether oxygens (including phenoxy) is 1. The molecule has 1 N–H and O–H groups in total. The Kier molecular flexibility index (Phi) is 4.58. The molecular formula is C18H15F3N2O3. The summed E-state index contributed by atoms with van der Waals surface area (Å²) in [5.41, 5.74) is -0.418. The van der Waals surface area contributed by atoms with E-state index in [0.29, 0.717) is 11.4 Å². The van der Waals surface area contributed by atoms with Gasteiger partial charge in [0.1, 0.15) is 12.3 Å². The van der Waals surface area contributed by atoms with Crippen LogP contribution in [0.5, 0.6) is 5.75 Å². The third-order valence-corrected chi connectivity index (χ3v) is 3.85. The average molecular weight is 364 g/mol. The van der Waals surface area contributed by atoms with Crippen molar-refractivity contribution < 1.29 is 27.5 Å². The van der Waals surface area contributed by atoms with Gasteiger partial charge in [0.15, 0.2) is 6.10 Å². The number of nitrogens with one attached hydrogen (secondary N) is 1. The summed E-state index contributed by atoms with van der Waals surface area (Å²) in [6.45, 7) is 1.23. The van der Waals surface area contributed by atoms with Crippen molar-refractivity contribution in [2.45, 2.75) is 19.2 Å². The highest BCUT2D eigenvalue weighted by atomic mass is 19.4. The Balaban J connectivity index is 1.77. The van der Waals surface area contributed by atoms with E-state index in [1.54, 1.807) is 31.2 Å². The molecule has 2 aromatic carbocycles. The van der Waals surface area contributed by atoms with Crippen molar-refractivity contribution >= 4 is 23.2 Å². The van der Waals surface area contributed by atoms with E-state index in [9.17, 15) is 22.8 Å². The van der Waals surface area contributed by atoms with Gasteiger partial charge in [-0.05, 0) is 37.3 Å². The lowest BCUT2D eigenvalue weighted by Crippen LogP contribution is -2.47. The Morgan fingerprint density at radius 3 is 2.65 bits per heavy atom. The zero-order valence-corrected chi connectivity index (χ0v) is 13.7. The number of rotatable bonds is 3. The fourth-order valence-corrected chi connectivity index (χ4v) is 2.64. The quantitative estimate of drug-likeness (QED) is 0.908. The summed E-state index contributed by atoms with van der Waals surface area (Å²) in [5.74, 6) is -0.545. The van der Waals surface area contributed by atoms with E-state index in [1.165, 1.54) is 17.0 Å². The highest BCUT2D eigenvalue weighted by Crippen LogP contribution is 2.34. The summed E-state index contributed by atoms with van der Waals surface area (Å²) < 4.78 is 43.8. The molecular weight excluding hydrogens is 349 g/mol. The lowest BCUT2D eigenvalue weighted by atomic mass is 10.1. The van der Waals surface area contributed by atoms with Crippen molar-refractivity contribution in [3.63, 3.8) is 0 Å². The zero-order chi connectivity index (χ0) is 18.9. The van der Waals surface area contributed by atoms with Crippen molar-refractivity contribution in [3.05, 3.63) is 54.1 Å². The Morgan fingerprint density at radius 1 is 1.19 bits per heavy atom. The Bertz CT molecular complexity index is 852. The van der Waals surface area contributed by atoms with Gasteiger partial charge in [-0.2, -0.15) is 13.2 Å². The summed E-state index contributed by atoms with van der Waals surface area (Å²) in [7, 11) is 0. The van der Waals surface area contributed by atoms with Crippen LogP contribution in [0.3, 0.4) is 0 Å². The molecule has 1 atom stereocenters. The standard InChI is InChI=1S/C18H15F3N2O3/c1-11-17(25)23(14-7-2-3-8-15(14)26-11)10-16(24)22-13-6-4-5-12(9-13)18(19,20)21/h2-9,11H,10H2,1H3,(H,22,24). The predicted molar refractivity (Wildman–Crippen MR) is 89.0 cm³/mol. The molecule has 0 saturated carbocycles. The van der Waals surface area contributed by atoms with E-state index in [2.05, 4.69) is 5.32 Å². The number of fused-ring (bicyclic) bond motifs is 1. The number of benzene rings is 2. The fraction of sp³-hybridized carbons (Fsp3) is 0.222. The van der Waals surface area contributed by atoms with Gasteiger partial charge in [0.05, 0.1) is 11.3 Å². The van der Waals surface area contributed by atoms with Gasteiger partial charge >= 0.3 is 6.18 Å². The number of hydrogen-bond acceptors (Lipinski definition) is 3. The van der Waals surface area contributed by atoms with Crippen molar-refractivity contribution in [1.82, 2.24) is 0 Å². The third kappa shape index (κ3) is 3.63. The predicted octanol–water partition coefficient (Wildman–Crippen LogP) is 3.46. The number of carbonyl (C=O) groups is 2. The van der Waals surface area contributed by atoms with Crippen LogP contribution in [0.4, 0.5) is 24.5 Å². The van der Waals surface area contributed by atoms with Crippen molar-refractivity contribution in [2.75, 3.05) is 16.8 Å². The summed E-state index contributed by atoms with van der Waals surface area (Å²) in [6, 6.07) is 11.1. The highest BCUT2D eigenvalue weighted by Gasteiger charge is 2.33. The maximum Gasteiger partial charge on any atom is 0.416 e. The van der Waals surface area contributed by atoms with E-state index in [1.807, 2.05) is 0 Å². The third-order valence-electron chi connectivity index (χ3n) is 3.85. The highest BCUT2D eigenvalue weighted by molar-refractivity contribution is 6.06. The first-order valence-electron chi connectivity index (χ1n) is 7.80. The first kappa shape index (κ1) is 17.8. The largest absolute Gasteiger partial charge is 0.479 e. The molecule has 0 fully saturated rings. The Labute approximate surface area is 147 Å². The zero-order valence-electron chi connectivity index (χ0n) is 13.7. The monoisotopic (exact) mass is 364 g/mol. The number of nitrogens with zero attached hydrogens (tertiary/aromatic N) is 1. The fourth-order valence-electron chi connectivity index (χ4n) is 2.64. The van der Waals surface area contributed by atoms with E-state index < -0.39 is 29.7 Å². The van der Waals surface area contributed by atoms with Crippen LogP contribution in [0.2, 0.25) is 0 Å². The van der Waals surface area contributed by atoms with Crippen LogP contribution < -0.4 is 15.0 Å². The molecule has 1 aliphatic heterocycles. The number of hydrogen-bond donors (Lipinski definition) is 1. The van der Waals surface area contributed by atoms with Gasteiger partial charge in [-0.15, -0.1) is 0 Å². The minimum Gasteiger partial charge on any atom is -0.479 e. The molecule has 136 valence electrons. The average Bonchev–Trinajstić information content (AvgIpc) is 2.58. The van der Waals surface area contributed by atoms with Crippen molar-refractivity contribution in [3.8, 4) is 5.75 Å². The van der Waals surface area contributed by atoms with Crippen LogP contribution in [0.25, 0.3) is 0 Å². The Hall–Kier alpha value is -3.03. The minimum atomic E-state index is -4.50. The molecule has 8 heteroatoms. The maximum absolute atomic E-state index is 12.8. The molecule has 1 unspecified atom stereocenters. The van der Waals surface area contributed by atoms with Gasteiger partial charge in [-0.1, -0.05) is 18.2 Å². The molecule has 1 heterocycles. The van der Waals surface area contributed by atoms with Crippen LogP contribution >= 0.6 is 0 Å². The normalized spacial score (nSPS) is 16.7. The molecule has 2 amide bonds. The van der Waals surface area contributed by atoms with Gasteiger partial charge in [0.2, 0.25) is 5.91 Å². The summed E-state index contributed by atoms with van der Waals surface area (Å²) in [4.78, 5) is 25.9. The SMILES string of the molecule is CC1Oc2ccccc2N(CC(=O)Nc2cccc(C(F)(F)F)c2)C1=O. The molecule has 3 rings (SSSR count). The maximum atomic E-state index is 12.8. The smallest absolute Gasteiger partial charge is 0.416 e. The number of anilines is 2. The molecule has 0 aliphatic carbocycles. The van der Waals surface area contributed by atoms with Crippen LogP contribution in [-0.4, -0.2) is 24.5 Å². The number of carbonyl (C=O) groups excluding carboxylic acids is 2. The Morgan fingerprint density at radius 2 is 1.92 bits per heavy atom. The van der Waals surface area contributed by atoms with Crippen LogP contribution in [-0.2, 0) is 15.8 Å². The van der Waals surface area contributed by atoms with Crippen LogP contribution in [0.15, 0.2) is 48.5 Å². The van der Waals surface area contributed by atoms with Gasteiger partial charge in [0.25, 0.3) is 5.91 Å². The van der Waals surface area contributed by atoms with Crippen LogP contribution in [0.1, 0.15) is 12.5 Å². The molecule has 0 saturated heterocycles. The second kappa shape index (κ2) is 6.70. The summed E-state index contributed by atoms with van der Waals surface area (Å²) >= 11 is 0. The minimum absolute atomic E-state index is 0.00636. The number of alkyl halides is 3. The van der Waals surface area contributed by atoms with E-state index in [0.717, 1.165) is 12.1 Å². The van der Waals surface area contributed by atoms with Crippen LogP contribution in [0, 0.1) is 0 Å². The topological polar surface area (TPSA) is 58.6 Å². The van der Waals surface area contributed by atoms with E-state index in [-0.39, 0.29) is 12.2 Å². The van der Waals surface area contributed by atoms with Gasteiger partial charge in [0, 0.05) is 5.69 Å². The van der Waals surface area contributed by atoms with E-state index in [4.69, 9.17) is 4.74 Å². The summed E-state index contributed by atoms with van der Waals surface area (Å²) in [5, 5.41) is 2.39. The number of amides is 2. The lowest BCUT2D eigenvalue weighted by molar-refractivity contribution is -0.137. The molecule has 0 bridgehead atoms. The molecule has 0 aromatic heterocycles. The van der Waals surface area contributed by atoms with Crippen molar-refractivity contribution in [2.24, 2.45) is 0 Å². The summed E-state index contributed by atoms with van der Waals surface area (Å²) in [6.07, 6.45) is -5.26. The van der Waals surface area contributed by atoms with Gasteiger partial charge in [-0.3, -0.25) is 14.5 Å². The molecule has 0 radical (unpaired) electrons. The molecule has 1 aliphatic rings. The first-order valence-corrected chi connectivity index (χ1v) is 7.80. The van der Waals surface area contributed by atoms with Gasteiger partial charge < -0.3 is 10.1 Å². The lowest BCUT2D eigenvalue weighted by Gasteiger charge is -2.32. The van der Waals surface area contributed by atoms with Gasteiger partial charge in [-0.25, -0.2) is 0 Å². The van der Waals surface area contributed by atoms with E-state index >= 15 is 0 Å². The first-order chi connectivity index (χ1) is 12.3. The molecule has 2 aromatic rings. The molecule has 26 heavy (non-hydrogen) atoms. The molecule has 0 spiro atoms. The number of para-hydroxylation sites is 2. The van der Waals surface area contributed by atoms with Crippen molar-refractivity contribution in [1.29, 1.82) is 0 Å². The second-order valence-corrected chi connectivity index (χ2v) is 5.78. The second-order valence-electron chi connectivity index (χ2n) is 5.78. The number of halogens is 3. The molecule has 5 nitrogen and oxygen atoms in total.